The highest BCUT2D eigenvalue weighted by molar-refractivity contribution is 7.13. The standard InChI is InChI=1S/C27H24N8O13S/c28-24(38)23-22(26(40)33(23)48-12-20(37)46-10-15-3-7-17(8-4-15)35(43)44)31-25(39)21(18-13-49-27(29)30-18)32-47-11-19(36)45-9-14-1-5-16(6-2-14)34(41)42/h1-8,13,22-23H,9-12H2,(H2,28,38)(H2,29,30)(H,31,39)/b32-21-/t22-,23+/m1/s1. The molecule has 1 aliphatic heterocycles. The van der Waals surface area contributed by atoms with E-state index < -0.39 is 70.5 Å². The third-order valence-corrected chi connectivity index (χ3v) is 7.04. The van der Waals surface area contributed by atoms with E-state index in [1.807, 2.05) is 0 Å². The van der Waals surface area contributed by atoms with Crippen molar-refractivity contribution in [1.82, 2.24) is 15.4 Å². The molecular formula is C27H24N8O13S. The number of primary amides is 1. The van der Waals surface area contributed by atoms with Gasteiger partial charge in [0.25, 0.3) is 23.2 Å². The first-order valence-electron chi connectivity index (χ1n) is 13.6. The molecule has 2 aromatic carbocycles. The zero-order chi connectivity index (χ0) is 35.7. The number of carbonyl (C=O) groups excluding carboxylic acids is 5. The first-order valence-corrected chi connectivity index (χ1v) is 14.5. The van der Waals surface area contributed by atoms with Crippen LogP contribution in [0.2, 0.25) is 0 Å². The Hall–Kier alpha value is -6.55. The number of nitro groups is 2. The molecule has 1 fully saturated rings. The average molecular weight is 701 g/mol. The van der Waals surface area contributed by atoms with Crippen molar-refractivity contribution in [2.45, 2.75) is 25.3 Å². The summed E-state index contributed by atoms with van der Waals surface area (Å²) in [5.41, 5.74) is 11.0. The zero-order valence-corrected chi connectivity index (χ0v) is 25.6. The summed E-state index contributed by atoms with van der Waals surface area (Å²) in [6, 6.07) is 7.32. The van der Waals surface area contributed by atoms with Gasteiger partial charge in [-0.05, 0) is 35.4 Å². The first kappa shape index (κ1) is 35.3. The number of amides is 3. The number of nitrogens with one attached hydrogen (secondary N) is 1. The van der Waals surface area contributed by atoms with Crippen molar-refractivity contribution in [3.63, 3.8) is 0 Å². The second-order valence-corrected chi connectivity index (χ2v) is 10.6. The number of nitro benzene ring substituents is 2. The molecular weight excluding hydrogens is 676 g/mol. The Morgan fingerprint density at radius 3 is 1.92 bits per heavy atom. The minimum Gasteiger partial charge on any atom is -0.459 e. The van der Waals surface area contributed by atoms with Gasteiger partial charge in [0.15, 0.2) is 23.5 Å². The van der Waals surface area contributed by atoms with Gasteiger partial charge in [-0.15, -0.1) is 11.3 Å². The van der Waals surface area contributed by atoms with Gasteiger partial charge in [-0.2, -0.15) is 0 Å². The van der Waals surface area contributed by atoms with Crippen LogP contribution in [0.4, 0.5) is 16.5 Å². The number of nitrogens with zero attached hydrogens (tertiary/aromatic N) is 5. The summed E-state index contributed by atoms with van der Waals surface area (Å²) in [6.45, 7) is -2.12. The van der Waals surface area contributed by atoms with Gasteiger partial charge in [-0.3, -0.25) is 39.4 Å². The van der Waals surface area contributed by atoms with Crippen molar-refractivity contribution >= 4 is 63.2 Å². The molecule has 0 unspecified atom stereocenters. The number of benzene rings is 2. The SMILES string of the molecule is NC(=O)[C@@H]1[C@@H](NC(=O)/C(=N\OCC(=O)OCc2ccc([N+](=O)[O-])cc2)c2csc(N)n2)C(=O)N1OCC(=O)OCc1ccc([N+](=O)[O-])cc1. The minimum atomic E-state index is -1.56. The predicted octanol–water partition coefficient (Wildman–Crippen LogP) is -0.138. The van der Waals surface area contributed by atoms with E-state index in [-0.39, 0.29) is 35.4 Å². The molecule has 2 atom stereocenters. The Kier molecular flexibility index (Phi) is 11.4. The van der Waals surface area contributed by atoms with Crippen molar-refractivity contribution in [3.05, 3.63) is 91.0 Å². The van der Waals surface area contributed by atoms with Crippen LogP contribution in [0.5, 0.6) is 0 Å². The van der Waals surface area contributed by atoms with Crippen LogP contribution in [0.3, 0.4) is 0 Å². The lowest BCUT2D eigenvalue weighted by atomic mass is 9.97. The van der Waals surface area contributed by atoms with Crippen LogP contribution in [0.1, 0.15) is 16.8 Å². The fraction of sp³-hybridized carbons (Fsp3) is 0.222. The summed E-state index contributed by atoms with van der Waals surface area (Å²) < 4.78 is 10.0. The number of aromatic nitrogens is 1. The lowest BCUT2D eigenvalue weighted by Gasteiger charge is -2.43. The van der Waals surface area contributed by atoms with Crippen molar-refractivity contribution in [1.29, 1.82) is 0 Å². The van der Waals surface area contributed by atoms with E-state index in [9.17, 15) is 44.2 Å². The number of esters is 2. The molecule has 49 heavy (non-hydrogen) atoms. The van der Waals surface area contributed by atoms with Crippen LogP contribution in [0.15, 0.2) is 59.1 Å². The second kappa shape index (κ2) is 15.8. The number of anilines is 1. The van der Waals surface area contributed by atoms with Gasteiger partial charge in [0.05, 0.1) is 9.85 Å². The molecule has 5 N–H and O–H groups in total. The number of rotatable bonds is 16. The van der Waals surface area contributed by atoms with Gasteiger partial charge in [-0.25, -0.2) is 19.6 Å². The number of nitrogens with two attached hydrogens (primary N) is 2. The Balaban J connectivity index is 1.31. The summed E-state index contributed by atoms with van der Waals surface area (Å²) in [5, 5.41) is 29.2. The van der Waals surface area contributed by atoms with Crippen LogP contribution in [-0.2, 0) is 56.3 Å². The van der Waals surface area contributed by atoms with Gasteiger partial charge in [-0.1, -0.05) is 5.16 Å². The van der Waals surface area contributed by atoms with E-state index in [0.717, 1.165) is 11.3 Å². The summed E-state index contributed by atoms with van der Waals surface area (Å²) in [7, 11) is 0. The van der Waals surface area contributed by atoms with Crippen molar-refractivity contribution < 1.29 is 53.0 Å². The van der Waals surface area contributed by atoms with Crippen LogP contribution in [0.25, 0.3) is 0 Å². The number of hydroxylamine groups is 2. The fourth-order valence-electron chi connectivity index (χ4n) is 3.95. The molecule has 0 bridgehead atoms. The maximum absolute atomic E-state index is 13.1. The quantitative estimate of drug-likeness (QED) is 0.0576. The molecule has 1 aromatic heterocycles. The highest BCUT2D eigenvalue weighted by Crippen LogP contribution is 2.22. The molecule has 0 radical (unpaired) electrons. The van der Waals surface area contributed by atoms with Gasteiger partial charge in [0.2, 0.25) is 12.5 Å². The van der Waals surface area contributed by atoms with Crippen molar-refractivity contribution in [2.24, 2.45) is 10.9 Å². The van der Waals surface area contributed by atoms with Crippen molar-refractivity contribution in [3.8, 4) is 0 Å². The van der Waals surface area contributed by atoms with E-state index in [4.69, 9.17) is 30.6 Å². The van der Waals surface area contributed by atoms with Crippen molar-refractivity contribution in [2.75, 3.05) is 18.9 Å². The summed E-state index contributed by atoms with van der Waals surface area (Å²) in [6.07, 6.45) is 0. The van der Waals surface area contributed by atoms with E-state index in [1.54, 1.807) is 0 Å². The zero-order valence-electron chi connectivity index (χ0n) is 24.8. The Morgan fingerprint density at radius 2 is 1.45 bits per heavy atom. The van der Waals surface area contributed by atoms with E-state index >= 15 is 0 Å². The normalized spacial score (nSPS) is 15.5. The molecule has 0 spiro atoms. The Morgan fingerprint density at radius 1 is 0.918 bits per heavy atom. The Bertz CT molecular complexity index is 1800. The third-order valence-electron chi connectivity index (χ3n) is 6.36. The van der Waals surface area contributed by atoms with Crippen LogP contribution < -0.4 is 16.8 Å². The number of non-ortho nitro benzene ring substituents is 2. The topological polar surface area (TPSA) is 301 Å². The first-order chi connectivity index (χ1) is 23.3. The lowest BCUT2D eigenvalue weighted by Crippen LogP contribution is -2.74. The molecule has 21 nitrogen and oxygen atoms in total. The molecule has 3 aromatic rings. The number of carbonyl (C=O) groups is 5. The minimum absolute atomic E-state index is 0.0350. The summed E-state index contributed by atoms with van der Waals surface area (Å²) >= 11 is 0.933. The number of oxime groups is 1. The number of hydrogen-bond acceptors (Lipinski definition) is 17. The monoisotopic (exact) mass is 700 g/mol. The van der Waals surface area contributed by atoms with Crippen LogP contribution in [-0.4, -0.2) is 80.6 Å². The molecule has 3 amide bonds. The largest absolute Gasteiger partial charge is 0.459 e. The molecule has 22 heteroatoms. The number of β-lactam (4-membered cyclic amide) rings is 1. The maximum atomic E-state index is 13.1. The fourth-order valence-corrected chi connectivity index (χ4v) is 4.50. The smallest absolute Gasteiger partial charge is 0.347 e. The van der Waals surface area contributed by atoms with E-state index in [2.05, 4.69) is 15.5 Å². The van der Waals surface area contributed by atoms with Crippen LogP contribution >= 0.6 is 11.3 Å². The number of thiazole rings is 1. The van der Waals surface area contributed by atoms with Gasteiger partial charge in [0, 0.05) is 29.6 Å². The molecule has 4 rings (SSSR count). The lowest BCUT2D eigenvalue weighted by molar-refractivity contribution is -0.385. The summed E-state index contributed by atoms with van der Waals surface area (Å²) in [5.74, 6) is -5.03. The maximum Gasteiger partial charge on any atom is 0.347 e. The number of hydrogen-bond donors (Lipinski definition) is 3. The highest BCUT2D eigenvalue weighted by atomic mass is 32.1. The predicted molar refractivity (Wildman–Crippen MR) is 163 cm³/mol. The van der Waals surface area contributed by atoms with Crippen LogP contribution in [0, 0.1) is 20.2 Å². The third kappa shape index (κ3) is 9.26. The number of nitrogen functional groups attached to an aromatic ring is 1. The van der Waals surface area contributed by atoms with Gasteiger partial charge in [0.1, 0.15) is 24.9 Å². The second-order valence-electron chi connectivity index (χ2n) is 9.69. The van der Waals surface area contributed by atoms with Gasteiger partial charge >= 0.3 is 11.9 Å². The van der Waals surface area contributed by atoms with E-state index in [0.29, 0.717) is 16.2 Å². The Labute approximate surface area is 277 Å². The number of ether oxygens (including phenoxy) is 2. The molecule has 0 aliphatic carbocycles. The molecule has 256 valence electrons. The molecule has 2 heterocycles. The van der Waals surface area contributed by atoms with E-state index in [1.165, 1.54) is 53.9 Å². The molecule has 1 aliphatic rings. The molecule has 0 saturated carbocycles. The molecule has 1 saturated heterocycles. The highest BCUT2D eigenvalue weighted by Gasteiger charge is 2.53. The van der Waals surface area contributed by atoms with Gasteiger partial charge < -0.3 is 31.1 Å². The summed E-state index contributed by atoms with van der Waals surface area (Å²) in [4.78, 5) is 96.7. The average Bonchev–Trinajstić information content (AvgIpc) is 3.50.